The van der Waals surface area contributed by atoms with Gasteiger partial charge in [0.1, 0.15) is 11.3 Å². The molecule has 20 heavy (non-hydrogen) atoms. The zero-order chi connectivity index (χ0) is 14.1. The monoisotopic (exact) mass is 297 g/mol. The lowest BCUT2D eigenvalue weighted by molar-refractivity contribution is -0.120. The van der Waals surface area contributed by atoms with Crippen molar-refractivity contribution in [1.82, 2.24) is 10.3 Å². The van der Waals surface area contributed by atoms with Crippen molar-refractivity contribution in [1.29, 1.82) is 0 Å². The lowest BCUT2D eigenvalue weighted by atomic mass is 9.99. The number of rotatable bonds is 2. The van der Waals surface area contributed by atoms with Gasteiger partial charge < -0.3 is 10.6 Å². The van der Waals surface area contributed by atoms with Crippen molar-refractivity contribution >= 4 is 32.6 Å². The number of aromatic nitrogens is 1. The Bertz CT molecular complexity index is 652. The Morgan fingerprint density at radius 2 is 2.30 bits per heavy atom. The third-order valence-electron chi connectivity index (χ3n) is 3.31. The molecule has 2 heterocycles. The highest BCUT2D eigenvalue weighted by Gasteiger charge is 2.22. The van der Waals surface area contributed by atoms with Crippen LogP contribution in [0.15, 0.2) is 12.1 Å². The van der Waals surface area contributed by atoms with E-state index in [4.69, 9.17) is 0 Å². The van der Waals surface area contributed by atoms with Crippen LogP contribution in [-0.2, 0) is 4.79 Å². The molecule has 7 heteroatoms. The van der Waals surface area contributed by atoms with Crippen molar-refractivity contribution in [2.24, 2.45) is 5.92 Å². The fourth-order valence-electron chi connectivity index (χ4n) is 2.29. The molecule has 4 nitrogen and oxygen atoms in total. The molecule has 1 aromatic carbocycles. The van der Waals surface area contributed by atoms with E-state index in [0.717, 1.165) is 36.8 Å². The number of thiazole rings is 1. The second-order valence-electron chi connectivity index (χ2n) is 4.79. The standard InChI is InChI=1S/C13H13F2N3OS/c14-8-4-9(15)11-10(5-8)20-13(17-11)18-12(19)7-2-1-3-16-6-7/h4-5,7,16H,1-3,6H2,(H,17,18,19). The minimum absolute atomic E-state index is 0.0912. The third kappa shape index (κ3) is 2.64. The van der Waals surface area contributed by atoms with Crippen molar-refractivity contribution < 1.29 is 13.6 Å². The lowest BCUT2D eigenvalue weighted by Crippen LogP contribution is -2.37. The highest BCUT2D eigenvalue weighted by molar-refractivity contribution is 7.22. The fourth-order valence-corrected chi connectivity index (χ4v) is 3.20. The number of hydrogen-bond donors (Lipinski definition) is 2. The van der Waals surface area contributed by atoms with Crippen LogP contribution in [0.1, 0.15) is 12.8 Å². The Labute approximate surface area is 118 Å². The van der Waals surface area contributed by atoms with E-state index in [1.54, 1.807) is 0 Å². The number of benzene rings is 1. The first-order valence-electron chi connectivity index (χ1n) is 6.40. The second-order valence-corrected chi connectivity index (χ2v) is 5.82. The van der Waals surface area contributed by atoms with Crippen LogP contribution in [0.4, 0.5) is 13.9 Å². The van der Waals surface area contributed by atoms with Gasteiger partial charge in [-0.1, -0.05) is 11.3 Å². The molecule has 1 aliphatic rings. The number of anilines is 1. The van der Waals surface area contributed by atoms with Gasteiger partial charge >= 0.3 is 0 Å². The molecule has 1 saturated heterocycles. The number of nitrogens with zero attached hydrogens (tertiary/aromatic N) is 1. The predicted octanol–water partition coefficient (Wildman–Crippen LogP) is 2.51. The molecule has 1 aliphatic heterocycles. The number of nitrogens with one attached hydrogen (secondary N) is 2. The number of piperidine rings is 1. The van der Waals surface area contributed by atoms with Crippen molar-refractivity contribution in [2.45, 2.75) is 12.8 Å². The topological polar surface area (TPSA) is 54.0 Å². The van der Waals surface area contributed by atoms with E-state index in [1.807, 2.05) is 0 Å². The molecule has 0 spiro atoms. The summed E-state index contributed by atoms with van der Waals surface area (Å²) in [6, 6.07) is 2.01. The van der Waals surface area contributed by atoms with Gasteiger partial charge in [-0.3, -0.25) is 4.79 Å². The SMILES string of the molecule is O=C(Nc1nc2c(F)cc(F)cc2s1)C1CCCNC1. The molecular formula is C13H13F2N3OS. The van der Waals surface area contributed by atoms with E-state index in [1.165, 1.54) is 6.07 Å². The molecule has 1 atom stereocenters. The summed E-state index contributed by atoms with van der Waals surface area (Å²) in [5, 5.41) is 6.15. The molecule has 1 aromatic heterocycles. The van der Waals surface area contributed by atoms with Crippen LogP contribution < -0.4 is 10.6 Å². The van der Waals surface area contributed by atoms with Crippen LogP contribution >= 0.6 is 11.3 Å². The smallest absolute Gasteiger partial charge is 0.230 e. The quantitative estimate of drug-likeness (QED) is 0.895. The maximum Gasteiger partial charge on any atom is 0.230 e. The molecule has 2 N–H and O–H groups in total. The average Bonchev–Trinajstić information content (AvgIpc) is 2.82. The molecule has 0 aliphatic carbocycles. The highest BCUT2D eigenvalue weighted by Crippen LogP contribution is 2.29. The summed E-state index contributed by atoms with van der Waals surface area (Å²) < 4.78 is 27.0. The van der Waals surface area contributed by atoms with Crippen LogP contribution in [0.5, 0.6) is 0 Å². The van der Waals surface area contributed by atoms with Crippen molar-refractivity contribution in [3.63, 3.8) is 0 Å². The van der Waals surface area contributed by atoms with Crippen LogP contribution in [0.3, 0.4) is 0 Å². The summed E-state index contributed by atoms with van der Waals surface area (Å²) in [6.45, 7) is 1.56. The number of carbonyl (C=O) groups is 1. The molecular weight excluding hydrogens is 284 g/mol. The number of hydrogen-bond acceptors (Lipinski definition) is 4. The second kappa shape index (κ2) is 5.41. The van der Waals surface area contributed by atoms with Crippen LogP contribution in [-0.4, -0.2) is 24.0 Å². The summed E-state index contributed by atoms with van der Waals surface area (Å²) in [7, 11) is 0. The first-order chi connectivity index (χ1) is 9.63. The van der Waals surface area contributed by atoms with Gasteiger partial charge in [-0.2, -0.15) is 0 Å². The van der Waals surface area contributed by atoms with Gasteiger partial charge in [-0.05, 0) is 25.5 Å². The lowest BCUT2D eigenvalue weighted by Gasteiger charge is -2.21. The molecule has 0 radical (unpaired) electrons. The maximum atomic E-state index is 13.5. The normalized spacial score (nSPS) is 19.2. The molecule has 2 aromatic rings. The highest BCUT2D eigenvalue weighted by atomic mass is 32.1. The zero-order valence-electron chi connectivity index (χ0n) is 10.6. The van der Waals surface area contributed by atoms with Crippen molar-refractivity contribution in [2.75, 3.05) is 18.4 Å². The molecule has 106 valence electrons. The Morgan fingerprint density at radius 1 is 1.45 bits per heavy atom. The molecule has 0 saturated carbocycles. The summed E-state index contributed by atoms with van der Waals surface area (Å²) in [5.41, 5.74) is 0.0912. The van der Waals surface area contributed by atoms with Gasteiger partial charge in [0.2, 0.25) is 5.91 Å². The Balaban J connectivity index is 1.80. The number of amides is 1. The fraction of sp³-hybridized carbons (Fsp3) is 0.385. The van der Waals surface area contributed by atoms with Crippen molar-refractivity contribution in [3.05, 3.63) is 23.8 Å². The maximum absolute atomic E-state index is 13.5. The molecule has 1 amide bonds. The zero-order valence-corrected chi connectivity index (χ0v) is 11.4. The van der Waals surface area contributed by atoms with E-state index in [-0.39, 0.29) is 17.3 Å². The Hall–Kier alpha value is -1.60. The van der Waals surface area contributed by atoms with Gasteiger partial charge in [0, 0.05) is 12.6 Å². The number of fused-ring (bicyclic) bond motifs is 1. The molecule has 0 bridgehead atoms. The van der Waals surface area contributed by atoms with E-state index in [9.17, 15) is 13.6 Å². The summed E-state index contributed by atoms with van der Waals surface area (Å²) >= 11 is 1.07. The minimum atomic E-state index is -0.712. The third-order valence-corrected chi connectivity index (χ3v) is 4.23. The number of carbonyl (C=O) groups excluding carboxylic acids is 1. The number of halogens is 2. The molecule has 3 rings (SSSR count). The van der Waals surface area contributed by atoms with Gasteiger partial charge in [-0.25, -0.2) is 13.8 Å². The van der Waals surface area contributed by atoms with E-state index < -0.39 is 11.6 Å². The predicted molar refractivity (Wildman–Crippen MR) is 73.8 cm³/mol. The Morgan fingerprint density at radius 3 is 3.05 bits per heavy atom. The van der Waals surface area contributed by atoms with E-state index >= 15 is 0 Å². The average molecular weight is 297 g/mol. The van der Waals surface area contributed by atoms with Crippen LogP contribution in [0.25, 0.3) is 10.2 Å². The molecule has 1 unspecified atom stereocenters. The Kier molecular flexibility index (Phi) is 3.62. The van der Waals surface area contributed by atoms with Gasteiger partial charge in [-0.15, -0.1) is 0 Å². The van der Waals surface area contributed by atoms with Crippen LogP contribution in [0, 0.1) is 17.6 Å². The van der Waals surface area contributed by atoms with Crippen LogP contribution in [0.2, 0.25) is 0 Å². The van der Waals surface area contributed by atoms with Gasteiger partial charge in [0.25, 0.3) is 0 Å². The summed E-state index contributed by atoms with van der Waals surface area (Å²) in [6.07, 6.45) is 1.78. The summed E-state index contributed by atoms with van der Waals surface area (Å²) in [5.74, 6) is -1.58. The summed E-state index contributed by atoms with van der Waals surface area (Å²) in [4.78, 5) is 16.1. The largest absolute Gasteiger partial charge is 0.316 e. The first-order valence-corrected chi connectivity index (χ1v) is 7.22. The van der Waals surface area contributed by atoms with Gasteiger partial charge in [0.15, 0.2) is 10.9 Å². The van der Waals surface area contributed by atoms with E-state index in [0.29, 0.717) is 16.4 Å². The van der Waals surface area contributed by atoms with Gasteiger partial charge in [0.05, 0.1) is 10.6 Å². The minimum Gasteiger partial charge on any atom is -0.316 e. The molecule has 1 fully saturated rings. The first kappa shape index (κ1) is 13.4. The van der Waals surface area contributed by atoms with Crippen molar-refractivity contribution in [3.8, 4) is 0 Å². The van der Waals surface area contributed by atoms with E-state index in [2.05, 4.69) is 15.6 Å².